The minimum absolute atomic E-state index is 0.365. The lowest BCUT2D eigenvalue weighted by molar-refractivity contribution is 0.752. The Kier molecular flexibility index (Phi) is 2.28. The van der Waals surface area contributed by atoms with Gasteiger partial charge in [-0.25, -0.2) is 0 Å². The van der Waals surface area contributed by atoms with Gasteiger partial charge in [-0.3, -0.25) is 0 Å². The van der Waals surface area contributed by atoms with Crippen LogP contribution in [0.1, 0.15) is 34.1 Å². The predicted molar refractivity (Wildman–Crippen MR) is 52.9 cm³/mol. The van der Waals surface area contributed by atoms with E-state index in [4.69, 9.17) is 5.73 Å². The molecule has 2 N–H and O–H groups in total. The Morgan fingerprint density at radius 1 is 1.55 bits per heavy atom. The molecular formula is C9H19NS. The molecular weight excluding hydrogens is 154 g/mol. The second-order valence-corrected chi connectivity index (χ2v) is 6.83. The molecule has 0 aromatic carbocycles. The number of hydrogen-bond acceptors (Lipinski definition) is 2. The molecule has 0 bridgehead atoms. The van der Waals surface area contributed by atoms with Crippen LogP contribution in [-0.4, -0.2) is 16.0 Å². The number of thioether (sulfide) groups is 1. The molecule has 1 rings (SSSR count). The third kappa shape index (κ3) is 2.12. The largest absolute Gasteiger partial charge is 0.329 e. The molecule has 2 atom stereocenters. The van der Waals surface area contributed by atoms with Gasteiger partial charge in [0, 0.05) is 16.0 Å². The maximum Gasteiger partial charge on any atom is 0.0316 e. The zero-order chi connectivity index (χ0) is 8.70. The lowest BCUT2D eigenvalue weighted by Gasteiger charge is -2.25. The second kappa shape index (κ2) is 2.67. The Labute approximate surface area is 74.1 Å². The van der Waals surface area contributed by atoms with Crippen molar-refractivity contribution < 1.29 is 0 Å². The Hall–Kier alpha value is 0.310. The van der Waals surface area contributed by atoms with Crippen molar-refractivity contribution in [2.75, 3.05) is 6.54 Å². The van der Waals surface area contributed by atoms with Gasteiger partial charge in [-0.1, -0.05) is 27.7 Å². The van der Waals surface area contributed by atoms with Gasteiger partial charge in [0.05, 0.1) is 0 Å². The van der Waals surface area contributed by atoms with Gasteiger partial charge in [0.15, 0.2) is 0 Å². The van der Waals surface area contributed by atoms with E-state index >= 15 is 0 Å². The molecule has 0 radical (unpaired) electrons. The quantitative estimate of drug-likeness (QED) is 0.693. The standard InChI is InChI=1S/C9H19NS/c1-7-5-9(7,6-10)11-8(2,3)4/h7H,5-6,10H2,1-4H3. The summed E-state index contributed by atoms with van der Waals surface area (Å²) < 4.78 is 0.794. The highest BCUT2D eigenvalue weighted by Crippen LogP contribution is 2.57. The van der Waals surface area contributed by atoms with Crippen molar-refractivity contribution in [2.45, 2.75) is 43.6 Å². The van der Waals surface area contributed by atoms with E-state index < -0.39 is 0 Å². The van der Waals surface area contributed by atoms with Crippen LogP contribution in [0.3, 0.4) is 0 Å². The summed E-state index contributed by atoms with van der Waals surface area (Å²) in [4.78, 5) is 0. The van der Waals surface area contributed by atoms with Gasteiger partial charge in [0.25, 0.3) is 0 Å². The summed E-state index contributed by atoms with van der Waals surface area (Å²) >= 11 is 2.05. The molecule has 1 saturated carbocycles. The third-order valence-corrected chi connectivity index (χ3v) is 4.00. The third-order valence-electron chi connectivity index (χ3n) is 2.24. The molecule has 1 aliphatic carbocycles. The van der Waals surface area contributed by atoms with Gasteiger partial charge >= 0.3 is 0 Å². The molecule has 0 amide bonds. The first-order valence-electron chi connectivity index (χ1n) is 4.30. The van der Waals surface area contributed by atoms with Gasteiger partial charge in [-0.05, 0) is 12.3 Å². The van der Waals surface area contributed by atoms with Crippen LogP contribution < -0.4 is 5.73 Å². The first kappa shape index (κ1) is 9.40. The van der Waals surface area contributed by atoms with Crippen LogP contribution in [-0.2, 0) is 0 Å². The van der Waals surface area contributed by atoms with Gasteiger partial charge in [0.2, 0.25) is 0 Å². The zero-order valence-corrected chi connectivity index (χ0v) is 8.79. The molecule has 1 aliphatic rings. The number of rotatable bonds is 2. The summed E-state index contributed by atoms with van der Waals surface area (Å²) in [7, 11) is 0. The minimum Gasteiger partial charge on any atom is -0.329 e. The molecule has 0 heterocycles. The van der Waals surface area contributed by atoms with Crippen LogP contribution in [0, 0.1) is 5.92 Å². The monoisotopic (exact) mass is 173 g/mol. The fourth-order valence-corrected chi connectivity index (χ4v) is 3.38. The summed E-state index contributed by atoms with van der Waals surface area (Å²) in [6.45, 7) is 9.93. The summed E-state index contributed by atoms with van der Waals surface area (Å²) in [5.41, 5.74) is 5.75. The number of nitrogens with two attached hydrogens (primary N) is 1. The fourth-order valence-electron chi connectivity index (χ4n) is 1.54. The lowest BCUT2D eigenvalue weighted by atomic mass is 10.3. The van der Waals surface area contributed by atoms with Crippen molar-refractivity contribution in [2.24, 2.45) is 11.7 Å². The van der Waals surface area contributed by atoms with Crippen molar-refractivity contribution >= 4 is 11.8 Å². The van der Waals surface area contributed by atoms with Crippen LogP contribution in [0.15, 0.2) is 0 Å². The molecule has 0 saturated heterocycles. The number of hydrogen-bond donors (Lipinski definition) is 1. The maximum atomic E-state index is 5.75. The summed E-state index contributed by atoms with van der Waals surface area (Å²) in [5.74, 6) is 0.830. The average molecular weight is 173 g/mol. The van der Waals surface area contributed by atoms with Crippen LogP contribution >= 0.6 is 11.8 Å². The van der Waals surface area contributed by atoms with Crippen LogP contribution in [0.2, 0.25) is 0 Å². The second-order valence-electron chi connectivity index (χ2n) is 4.59. The highest BCUT2D eigenvalue weighted by atomic mass is 32.2. The lowest BCUT2D eigenvalue weighted by Crippen LogP contribution is -2.26. The molecule has 11 heavy (non-hydrogen) atoms. The smallest absolute Gasteiger partial charge is 0.0316 e. The molecule has 0 spiro atoms. The summed E-state index contributed by atoms with van der Waals surface area (Å²) in [5, 5.41) is 0. The maximum absolute atomic E-state index is 5.75. The Balaban J connectivity index is 2.48. The average Bonchev–Trinajstić information content (AvgIpc) is 2.39. The molecule has 1 nitrogen and oxygen atoms in total. The predicted octanol–water partition coefficient (Wildman–Crippen LogP) is 2.26. The van der Waals surface area contributed by atoms with Crippen molar-refractivity contribution in [1.29, 1.82) is 0 Å². The minimum atomic E-state index is 0.365. The molecule has 66 valence electrons. The Morgan fingerprint density at radius 3 is 2.09 bits per heavy atom. The van der Waals surface area contributed by atoms with Crippen LogP contribution in [0.4, 0.5) is 0 Å². The molecule has 1 fully saturated rings. The van der Waals surface area contributed by atoms with Crippen molar-refractivity contribution in [3.05, 3.63) is 0 Å². The van der Waals surface area contributed by atoms with Crippen molar-refractivity contribution in [3.63, 3.8) is 0 Å². The van der Waals surface area contributed by atoms with E-state index in [1.165, 1.54) is 6.42 Å². The zero-order valence-electron chi connectivity index (χ0n) is 7.98. The van der Waals surface area contributed by atoms with Gasteiger partial charge < -0.3 is 5.73 Å². The molecule has 0 aromatic heterocycles. The SMILES string of the molecule is CC1CC1(CN)SC(C)(C)C. The normalized spacial score (nSPS) is 37.4. The van der Waals surface area contributed by atoms with Gasteiger partial charge in [0.1, 0.15) is 0 Å². The van der Waals surface area contributed by atoms with Crippen molar-refractivity contribution in [3.8, 4) is 0 Å². The topological polar surface area (TPSA) is 26.0 Å². The first-order chi connectivity index (χ1) is 4.90. The molecule has 2 unspecified atom stereocenters. The summed E-state index contributed by atoms with van der Waals surface area (Å²) in [6, 6.07) is 0. The Bertz CT molecular complexity index is 146. The van der Waals surface area contributed by atoms with Crippen molar-refractivity contribution in [1.82, 2.24) is 0 Å². The Morgan fingerprint density at radius 2 is 2.00 bits per heavy atom. The summed E-state index contributed by atoms with van der Waals surface area (Å²) in [6.07, 6.45) is 1.31. The van der Waals surface area contributed by atoms with E-state index in [0.29, 0.717) is 9.49 Å². The highest BCUT2D eigenvalue weighted by Gasteiger charge is 2.52. The van der Waals surface area contributed by atoms with E-state index in [0.717, 1.165) is 12.5 Å². The highest BCUT2D eigenvalue weighted by molar-refractivity contribution is 8.02. The van der Waals surface area contributed by atoms with Crippen LogP contribution in [0.25, 0.3) is 0 Å². The van der Waals surface area contributed by atoms with Crippen LogP contribution in [0.5, 0.6) is 0 Å². The first-order valence-corrected chi connectivity index (χ1v) is 5.11. The van der Waals surface area contributed by atoms with E-state index in [2.05, 4.69) is 39.5 Å². The fraction of sp³-hybridized carbons (Fsp3) is 1.00. The van der Waals surface area contributed by atoms with Gasteiger partial charge in [-0.15, -0.1) is 11.8 Å². The van der Waals surface area contributed by atoms with E-state index in [1.807, 2.05) is 0 Å². The van der Waals surface area contributed by atoms with Gasteiger partial charge in [-0.2, -0.15) is 0 Å². The van der Waals surface area contributed by atoms with E-state index in [9.17, 15) is 0 Å². The van der Waals surface area contributed by atoms with E-state index in [-0.39, 0.29) is 0 Å². The van der Waals surface area contributed by atoms with E-state index in [1.54, 1.807) is 0 Å². The molecule has 0 aliphatic heterocycles. The molecule has 0 aromatic rings. The molecule has 2 heteroatoms.